The summed E-state index contributed by atoms with van der Waals surface area (Å²) in [4.78, 5) is 43.4. The Hall–Kier alpha value is -2.45. The molecule has 178 valence electrons. The summed E-state index contributed by atoms with van der Waals surface area (Å²) in [5.41, 5.74) is 0.956. The monoisotopic (exact) mass is 446 g/mol. The largest absolute Gasteiger partial charge is 0.467 e. The van der Waals surface area contributed by atoms with Crippen molar-refractivity contribution in [2.45, 2.75) is 45.2 Å². The number of nitrogens with zero attached hydrogens (tertiary/aromatic N) is 3. The van der Waals surface area contributed by atoms with E-state index in [9.17, 15) is 14.4 Å². The van der Waals surface area contributed by atoms with Gasteiger partial charge in [0.25, 0.3) is 0 Å². The SMILES string of the molecule is CC.COC(=O)C(Cc1ccccc1)NC(=O)CN1CCN(C(=O)C2CCCN2C)CC1. The first-order valence-electron chi connectivity index (χ1n) is 11.6. The molecule has 0 aromatic heterocycles. The van der Waals surface area contributed by atoms with Gasteiger partial charge in [0.2, 0.25) is 11.8 Å². The van der Waals surface area contributed by atoms with Gasteiger partial charge in [-0.2, -0.15) is 0 Å². The number of hydrogen-bond acceptors (Lipinski definition) is 6. The average molecular weight is 447 g/mol. The summed E-state index contributed by atoms with van der Waals surface area (Å²) < 4.78 is 4.86. The normalized spacial score (nSPS) is 20.1. The van der Waals surface area contributed by atoms with Crippen LogP contribution in [0.5, 0.6) is 0 Å². The number of likely N-dealkylation sites (N-methyl/N-ethyl adjacent to an activating group) is 1. The molecule has 1 N–H and O–H groups in total. The third-order valence-corrected chi connectivity index (χ3v) is 5.96. The van der Waals surface area contributed by atoms with Crippen LogP contribution in [-0.2, 0) is 25.5 Å². The van der Waals surface area contributed by atoms with Crippen molar-refractivity contribution in [3.63, 3.8) is 0 Å². The second-order valence-electron chi connectivity index (χ2n) is 8.07. The van der Waals surface area contributed by atoms with Crippen molar-refractivity contribution in [3.8, 4) is 0 Å². The average Bonchev–Trinajstić information content (AvgIpc) is 3.26. The van der Waals surface area contributed by atoms with E-state index < -0.39 is 12.0 Å². The zero-order valence-electron chi connectivity index (χ0n) is 19.9. The lowest BCUT2D eigenvalue weighted by Gasteiger charge is -2.36. The van der Waals surface area contributed by atoms with Crippen LogP contribution in [0.25, 0.3) is 0 Å². The number of esters is 1. The molecule has 0 saturated carbocycles. The lowest BCUT2D eigenvalue weighted by molar-refractivity contribution is -0.145. The van der Waals surface area contributed by atoms with E-state index in [4.69, 9.17) is 4.74 Å². The molecular formula is C24H38N4O4. The maximum Gasteiger partial charge on any atom is 0.328 e. The molecule has 8 nitrogen and oxygen atoms in total. The fourth-order valence-corrected chi connectivity index (χ4v) is 4.19. The van der Waals surface area contributed by atoms with Crippen LogP contribution >= 0.6 is 0 Å². The zero-order chi connectivity index (χ0) is 23.5. The number of likely N-dealkylation sites (tertiary alicyclic amines) is 1. The lowest BCUT2D eigenvalue weighted by Crippen LogP contribution is -2.55. The van der Waals surface area contributed by atoms with Gasteiger partial charge in [-0.05, 0) is 32.0 Å². The number of hydrogen-bond donors (Lipinski definition) is 1. The molecule has 1 aromatic rings. The van der Waals surface area contributed by atoms with Gasteiger partial charge in [0.1, 0.15) is 6.04 Å². The zero-order valence-corrected chi connectivity index (χ0v) is 19.9. The van der Waals surface area contributed by atoms with Crippen molar-refractivity contribution in [1.82, 2.24) is 20.0 Å². The van der Waals surface area contributed by atoms with Crippen molar-refractivity contribution in [1.29, 1.82) is 0 Å². The second-order valence-corrected chi connectivity index (χ2v) is 8.07. The minimum absolute atomic E-state index is 0.00125. The summed E-state index contributed by atoms with van der Waals surface area (Å²) in [5, 5.41) is 2.81. The molecule has 3 rings (SSSR count). The number of piperazine rings is 1. The Labute approximate surface area is 191 Å². The fraction of sp³-hybridized carbons (Fsp3) is 0.625. The quantitative estimate of drug-likeness (QED) is 0.633. The van der Waals surface area contributed by atoms with Crippen LogP contribution in [0.3, 0.4) is 0 Å². The Morgan fingerprint density at radius 2 is 1.72 bits per heavy atom. The first-order valence-corrected chi connectivity index (χ1v) is 11.6. The maximum atomic E-state index is 12.7. The minimum atomic E-state index is -0.717. The number of methoxy groups -OCH3 is 1. The molecule has 32 heavy (non-hydrogen) atoms. The second kappa shape index (κ2) is 13.2. The van der Waals surface area contributed by atoms with Crippen molar-refractivity contribution >= 4 is 17.8 Å². The molecule has 8 heteroatoms. The molecule has 2 unspecified atom stereocenters. The van der Waals surface area contributed by atoms with E-state index in [1.54, 1.807) is 0 Å². The van der Waals surface area contributed by atoms with Crippen LogP contribution < -0.4 is 5.32 Å². The molecular weight excluding hydrogens is 408 g/mol. The van der Waals surface area contributed by atoms with E-state index in [1.807, 2.05) is 61.0 Å². The molecule has 2 fully saturated rings. The summed E-state index contributed by atoms with van der Waals surface area (Å²) >= 11 is 0. The Balaban J connectivity index is 0.00000176. The van der Waals surface area contributed by atoms with Crippen LogP contribution in [0.1, 0.15) is 32.3 Å². The van der Waals surface area contributed by atoms with Crippen molar-refractivity contribution < 1.29 is 19.1 Å². The Kier molecular flexibility index (Phi) is 10.6. The van der Waals surface area contributed by atoms with Gasteiger partial charge in [0.15, 0.2) is 0 Å². The highest BCUT2D eigenvalue weighted by atomic mass is 16.5. The number of carbonyl (C=O) groups is 3. The Morgan fingerprint density at radius 3 is 2.28 bits per heavy atom. The molecule has 2 atom stereocenters. The van der Waals surface area contributed by atoms with Crippen LogP contribution in [-0.4, -0.2) is 98.0 Å². The van der Waals surface area contributed by atoms with E-state index in [0.717, 1.165) is 24.9 Å². The van der Waals surface area contributed by atoms with E-state index >= 15 is 0 Å². The molecule has 2 heterocycles. The first kappa shape index (κ1) is 25.8. The lowest BCUT2D eigenvalue weighted by atomic mass is 10.1. The summed E-state index contributed by atoms with van der Waals surface area (Å²) in [6.45, 7) is 7.73. The third-order valence-electron chi connectivity index (χ3n) is 5.96. The van der Waals surface area contributed by atoms with Gasteiger partial charge in [-0.15, -0.1) is 0 Å². The number of ether oxygens (including phenoxy) is 1. The highest BCUT2D eigenvalue weighted by molar-refractivity contribution is 5.86. The Morgan fingerprint density at radius 1 is 1.06 bits per heavy atom. The van der Waals surface area contributed by atoms with Crippen molar-refractivity contribution in [2.75, 3.05) is 53.4 Å². The van der Waals surface area contributed by atoms with Gasteiger partial charge in [-0.1, -0.05) is 44.2 Å². The predicted molar refractivity (Wildman–Crippen MR) is 124 cm³/mol. The smallest absolute Gasteiger partial charge is 0.328 e. The summed E-state index contributed by atoms with van der Waals surface area (Å²) in [6.07, 6.45) is 2.38. The van der Waals surface area contributed by atoms with Gasteiger partial charge >= 0.3 is 5.97 Å². The standard InChI is InChI=1S/C22H32N4O4.C2H6/c1-24-10-6-9-19(24)21(28)26-13-11-25(12-14-26)16-20(27)23-18(22(29)30-2)15-17-7-4-3-5-8-17;1-2/h3-5,7-8,18-19H,6,9-16H2,1-2H3,(H,23,27);1-2H3. The van der Waals surface area contributed by atoms with Crippen LogP contribution in [0.15, 0.2) is 30.3 Å². The van der Waals surface area contributed by atoms with Crippen LogP contribution in [0, 0.1) is 0 Å². The topological polar surface area (TPSA) is 82.2 Å². The number of nitrogens with one attached hydrogen (secondary N) is 1. The summed E-state index contributed by atoms with van der Waals surface area (Å²) in [6, 6.07) is 8.82. The highest BCUT2D eigenvalue weighted by Crippen LogP contribution is 2.18. The van der Waals surface area contributed by atoms with Gasteiger partial charge in [0, 0.05) is 32.6 Å². The van der Waals surface area contributed by atoms with Gasteiger partial charge < -0.3 is 15.0 Å². The maximum absolute atomic E-state index is 12.7. The van der Waals surface area contributed by atoms with E-state index in [0.29, 0.717) is 32.6 Å². The van der Waals surface area contributed by atoms with E-state index in [1.165, 1.54) is 7.11 Å². The third kappa shape index (κ3) is 7.31. The van der Waals surface area contributed by atoms with Gasteiger partial charge in [-0.3, -0.25) is 19.4 Å². The molecule has 0 spiro atoms. The number of carbonyl (C=O) groups excluding carboxylic acids is 3. The van der Waals surface area contributed by atoms with Gasteiger partial charge in [-0.25, -0.2) is 4.79 Å². The van der Waals surface area contributed by atoms with Crippen molar-refractivity contribution in [2.24, 2.45) is 0 Å². The highest BCUT2D eigenvalue weighted by Gasteiger charge is 2.33. The van der Waals surface area contributed by atoms with Crippen molar-refractivity contribution in [3.05, 3.63) is 35.9 Å². The van der Waals surface area contributed by atoms with E-state index in [-0.39, 0.29) is 24.4 Å². The van der Waals surface area contributed by atoms with Crippen LogP contribution in [0.2, 0.25) is 0 Å². The number of benzene rings is 1. The summed E-state index contributed by atoms with van der Waals surface area (Å²) in [7, 11) is 3.33. The van der Waals surface area contributed by atoms with E-state index in [2.05, 4.69) is 10.2 Å². The van der Waals surface area contributed by atoms with Crippen LogP contribution in [0.4, 0.5) is 0 Å². The fourth-order valence-electron chi connectivity index (χ4n) is 4.19. The summed E-state index contributed by atoms with van der Waals surface area (Å²) in [5.74, 6) is -0.465. The minimum Gasteiger partial charge on any atom is -0.467 e. The molecule has 1 aromatic carbocycles. The molecule has 2 aliphatic rings. The molecule has 2 saturated heterocycles. The first-order chi connectivity index (χ1) is 15.5. The molecule has 0 aliphatic carbocycles. The predicted octanol–water partition coefficient (Wildman–Crippen LogP) is 1.15. The number of amides is 2. The molecule has 0 bridgehead atoms. The van der Waals surface area contributed by atoms with Gasteiger partial charge in [0.05, 0.1) is 19.7 Å². The molecule has 2 aliphatic heterocycles. The Bertz CT molecular complexity index is 735. The number of rotatable bonds is 7. The molecule has 0 radical (unpaired) electrons. The molecule has 2 amide bonds.